The molecule has 0 aromatic heterocycles. The lowest BCUT2D eigenvalue weighted by atomic mass is 9.99. The third-order valence-corrected chi connectivity index (χ3v) is 3.73. The van der Waals surface area contributed by atoms with E-state index in [1.807, 2.05) is 18.2 Å². The van der Waals surface area contributed by atoms with Crippen LogP contribution in [-0.2, 0) is 0 Å². The van der Waals surface area contributed by atoms with Gasteiger partial charge in [0.2, 0.25) is 5.78 Å². The molecule has 18 heavy (non-hydrogen) atoms. The molecule has 0 heterocycles. The zero-order valence-corrected chi connectivity index (χ0v) is 10.9. The standard InChI is InChI=1S/C15H8BrFO/c16-14-13(9-4-3-5-10(17)8-9)11-6-1-2-7-12(11)15(14)18/h1-8H. The van der Waals surface area contributed by atoms with E-state index in [-0.39, 0.29) is 11.6 Å². The van der Waals surface area contributed by atoms with E-state index in [1.54, 1.807) is 18.2 Å². The second-order valence-electron chi connectivity index (χ2n) is 4.07. The minimum atomic E-state index is -0.308. The number of hydrogen-bond acceptors (Lipinski definition) is 1. The van der Waals surface area contributed by atoms with Crippen LogP contribution in [0.1, 0.15) is 21.5 Å². The first-order valence-electron chi connectivity index (χ1n) is 5.48. The maximum atomic E-state index is 13.3. The van der Waals surface area contributed by atoms with Gasteiger partial charge in [0.25, 0.3) is 0 Å². The molecule has 1 aliphatic rings. The van der Waals surface area contributed by atoms with E-state index < -0.39 is 0 Å². The van der Waals surface area contributed by atoms with Crippen molar-refractivity contribution in [3.8, 4) is 0 Å². The van der Waals surface area contributed by atoms with Gasteiger partial charge in [-0.1, -0.05) is 36.4 Å². The van der Waals surface area contributed by atoms with Gasteiger partial charge < -0.3 is 0 Å². The zero-order valence-electron chi connectivity index (χ0n) is 9.28. The van der Waals surface area contributed by atoms with Crippen molar-refractivity contribution in [3.63, 3.8) is 0 Å². The van der Waals surface area contributed by atoms with Crippen LogP contribution in [0.2, 0.25) is 0 Å². The van der Waals surface area contributed by atoms with Gasteiger partial charge in [-0.3, -0.25) is 4.79 Å². The molecule has 2 aromatic carbocycles. The molecule has 2 aromatic rings. The molecule has 0 radical (unpaired) electrons. The van der Waals surface area contributed by atoms with Crippen molar-refractivity contribution in [2.75, 3.05) is 0 Å². The molecular weight excluding hydrogens is 295 g/mol. The van der Waals surface area contributed by atoms with Gasteiger partial charge in [-0.15, -0.1) is 0 Å². The Balaban J connectivity index is 2.26. The van der Waals surface area contributed by atoms with Crippen molar-refractivity contribution in [1.82, 2.24) is 0 Å². The van der Waals surface area contributed by atoms with Crippen molar-refractivity contribution in [2.45, 2.75) is 0 Å². The minimum absolute atomic E-state index is 0.0511. The molecule has 0 atom stereocenters. The predicted octanol–water partition coefficient (Wildman–Crippen LogP) is 4.18. The van der Waals surface area contributed by atoms with E-state index in [2.05, 4.69) is 15.9 Å². The molecule has 0 unspecified atom stereocenters. The first-order chi connectivity index (χ1) is 8.68. The van der Waals surface area contributed by atoms with Crippen LogP contribution < -0.4 is 0 Å². The largest absolute Gasteiger partial charge is 0.288 e. The van der Waals surface area contributed by atoms with E-state index in [0.29, 0.717) is 15.6 Å². The maximum absolute atomic E-state index is 13.3. The molecule has 1 aliphatic carbocycles. The summed E-state index contributed by atoms with van der Waals surface area (Å²) in [6.07, 6.45) is 0. The van der Waals surface area contributed by atoms with Gasteiger partial charge in [-0.25, -0.2) is 4.39 Å². The Morgan fingerprint density at radius 2 is 1.67 bits per heavy atom. The van der Waals surface area contributed by atoms with E-state index in [1.165, 1.54) is 12.1 Å². The van der Waals surface area contributed by atoms with Crippen molar-refractivity contribution in [1.29, 1.82) is 0 Å². The van der Waals surface area contributed by atoms with Gasteiger partial charge >= 0.3 is 0 Å². The second kappa shape index (κ2) is 4.18. The number of benzene rings is 2. The molecule has 0 bridgehead atoms. The Hall–Kier alpha value is -1.74. The van der Waals surface area contributed by atoms with Crippen molar-refractivity contribution in [3.05, 3.63) is 75.5 Å². The summed E-state index contributed by atoms with van der Waals surface area (Å²) < 4.78 is 13.8. The molecule has 0 spiro atoms. The Morgan fingerprint density at radius 3 is 2.39 bits per heavy atom. The SMILES string of the molecule is O=C1C(Br)=C(c2cccc(F)c2)c2ccccc21. The summed E-state index contributed by atoms with van der Waals surface area (Å²) in [5.74, 6) is -0.359. The molecule has 0 saturated heterocycles. The molecule has 88 valence electrons. The monoisotopic (exact) mass is 302 g/mol. The molecule has 0 aliphatic heterocycles. The minimum Gasteiger partial charge on any atom is -0.288 e. The van der Waals surface area contributed by atoms with Crippen molar-refractivity contribution in [2.24, 2.45) is 0 Å². The number of halogens is 2. The van der Waals surface area contributed by atoms with Gasteiger partial charge in [-0.2, -0.15) is 0 Å². The number of fused-ring (bicyclic) bond motifs is 1. The lowest BCUT2D eigenvalue weighted by Gasteiger charge is -2.05. The Kier molecular flexibility index (Phi) is 2.63. The summed E-state index contributed by atoms with van der Waals surface area (Å²) in [5, 5.41) is 0. The molecule has 1 nitrogen and oxygen atoms in total. The summed E-state index contributed by atoms with van der Waals surface area (Å²) in [6, 6.07) is 13.6. The maximum Gasteiger partial charge on any atom is 0.201 e. The summed E-state index contributed by atoms with van der Waals surface area (Å²) >= 11 is 3.32. The highest BCUT2D eigenvalue weighted by molar-refractivity contribution is 9.12. The quantitative estimate of drug-likeness (QED) is 0.772. The number of Topliss-reactive ketones (excluding diaryl/α,β-unsaturated/α-hetero) is 1. The molecule has 0 N–H and O–H groups in total. The molecular formula is C15H8BrFO. The van der Waals surface area contributed by atoms with Gasteiger partial charge in [0.1, 0.15) is 5.82 Å². The number of hydrogen-bond donors (Lipinski definition) is 0. The van der Waals surface area contributed by atoms with Crippen LogP contribution >= 0.6 is 15.9 Å². The van der Waals surface area contributed by atoms with Crippen molar-refractivity contribution >= 4 is 27.3 Å². The van der Waals surface area contributed by atoms with Crippen LogP contribution in [0.5, 0.6) is 0 Å². The van der Waals surface area contributed by atoms with Crippen LogP contribution in [-0.4, -0.2) is 5.78 Å². The molecule has 3 rings (SSSR count). The van der Waals surface area contributed by atoms with Gasteiger partial charge in [0, 0.05) is 11.1 Å². The van der Waals surface area contributed by atoms with Crippen LogP contribution in [0.3, 0.4) is 0 Å². The summed E-state index contributed by atoms with van der Waals surface area (Å²) in [4.78, 5) is 12.1. The number of rotatable bonds is 1. The fourth-order valence-corrected chi connectivity index (χ4v) is 2.83. The van der Waals surface area contributed by atoms with E-state index >= 15 is 0 Å². The van der Waals surface area contributed by atoms with Gasteiger partial charge in [0.05, 0.1) is 4.48 Å². The number of allylic oxidation sites excluding steroid dienone is 1. The number of carbonyl (C=O) groups is 1. The molecule has 3 heteroatoms. The van der Waals surface area contributed by atoms with E-state index in [9.17, 15) is 9.18 Å². The Bertz CT molecular complexity index is 688. The normalized spacial score (nSPS) is 14.0. The van der Waals surface area contributed by atoms with Crippen LogP contribution in [0.25, 0.3) is 5.57 Å². The van der Waals surface area contributed by atoms with E-state index in [4.69, 9.17) is 0 Å². The average Bonchev–Trinajstić information content (AvgIpc) is 2.63. The number of carbonyl (C=O) groups excluding carboxylic acids is 1. The lowest BCUT2D eigenvalue weighted by Crippen LogP contribution is -1.92. The summed E-state index contributed by atoms with van der Waals surface area (Å²) in [7, 11) is 0. The summed E-state index contributed by atoms with van der Waals surface area (Å²) in [6.45, 7) is 0. The first kappa shape index (κ1) is 11.4. The van der Waals surface area contributed by atoms with Crippen LogP contribution in [0.4, 0.5) is 4.39 Å². The highest BCUT2D eigenvalue weighted by Crippen LogP contribution is 2.39. The van der Waals surface area contributed by atoms with E-state index in [0.717, 1.165) is 11.1 Å². The van der Waals surface area contributed by atoms with Crippen LogP contribution in [0, 0.1) is 5.82 Å². The third-order valence-electron chi connectivity index (χ3n) is 2.97. The second-order valence-corrected chi connectivity index (χ2v) is 4.87. The first-order valence-corrected chi connectivity index (χ1v) is 6.27. The average molecular weight is 303 g/mol. The molecule has 0 amide bonds. The fourth-order valence-electron chi connectivity index (χ4n) is 2.18. The highest BCUT2D eigenvalue weighted by atomic mass is 79.9. The fraction of sp³-hybridized carbons (Fsp3) is 0. The summed E-state index contributed by atoms with van der Waals surface area (Å²) in [5.41, 5.74) is 2.97. The van der Waals surface area contributed by atoms with Gasteiger partial charge in [0.15, 0.2) is 0 Å². The highest BCUT2D eigenvalue weighted by Gasteiger charge is 2.28. The lowest BCUT2D eigenvalue weighted by molar-refractivity contribution is 0.104. The number of ketones is 1. The smallest absolute Gasteiger partial charge is 0.201 e. The zero-order chi connectivity index (χ0) is 12.7. The van der Waals surface area contributed by atoms with Crippen LogP contribution in [0.15, 0.2) is 53.0 Å². The molecule has 0 fully saturated rings. The van der Waals surface area contributed by atoms with Gasteiger partial charge in [-0.05, 0) is 39.2 Å². The predicted molar refractivity (Wildman–Crippen MR) is 72.1 cm³/mol. The Labute approximate surface area is 112 Å². The van der Waals surface area contributed by atoms with Crippen molar-refractivity contribution < 1.29 is 9.18 Å². The Morgan fingerprint density at radius 1 is 0.944 bits per heavy atom. The topological polar surface area (TPSA) is 17.1 Å². The third kappa shape index (κ3) is 1.63. The molecule has 0 saturated carbocycles.